The number of amides is 2. The summed E-state index contributed by atoms with van der Waals surface area (Å²) in [6.45, 7) is 4.56. The molecule has 0 saturated heterocycles. The second-order valence-corrected chi connectivity index (χ2v) is 6.63. The van der Waals surface area contributed by atoms with Crippen LogP contribution in [0.3, 0.4) is 0 Å². The number of ether oxygens (including phenoxy) is 1. The molecule has 0 bridgehead atoms. The molecule has 1 aromatic carbocycles. The van der Waals surface area contributed by atoms with Crippen molar-refractivity contribution in [1.29, 1.82) is 0 Å². The summed E-state index contributed by atoms with van der Waals surface area (Å²) in [6.07, 6.45) is 3.16. The van der Waals surface area contributed by atoms with Crippen molar-refractivity contribution >= 4 is 12.0 Å². The summed E-state index contributed by atoms with van der Waals surface area (Å²) < 4.78 is 5.46. The quantitative estimate of drug-likeness (QED) is 0.828. The van der Waals surface area contributed by atoms with Gasteiger partial charge in [0.25, 0.3) is 0 Å². The number of hydrogen-bond donors (Lipinski definition) is 2. The van der Waals surface area contributed by atoms with Crippen LogP contribution in [0.1, 0.15) is 45.1 Å². The molecule has 2 rings (SSSR count). The Morgan fingerprint density at radius 3 is 2.44 bits per heavy atom. The lowest BCUT2D eigenvalue weighted by Crippen LogP contribution is -2.48. The number of rotatable bonds is 6. The molecule has 1 aliphatic carbocycles. The van der Waals surface area contributed by atoms with Gasteiger partial charge in [0.1, 0.15) is 6.61 Å². The first-order valence-corrected chi connectivity index (χ1v) is 9.04. The predicted molar refractivity (Wildman–Crippen MR) is 96.8 cm³/mol. The van der Waals surface area contributed by atoms with Crippen molar-refractivity contribution in [2.45, 2.75) is 64.3 Å². The minimum Gasteiger partial charge on any atom is -0.445 e. The number of nitrogens with one attached hydrogen (secondary N) is 1. The molecule has 6 heteroatoms. The molecule has 25 heavy (non-hydrogen) atoms. The van der Waals surface area contributed by atoms with Crippen molar-refractivity contribution in [1.82, 2.24) is 10.2 Å². The first-order valence-electron chi connectivity index (χ1n) is 9.04. The second-order valence-electron chi connectivity index (χ2n) is 6.63. The van der Waals surface area contributed by atoms with Gasteiger partial charge in [-0.3, -0.25) is 4.79 Å². The maximum absolute atomic E-state index is 12.4. The zero-order chi connectivity index (χ0) is 18.2. The number of hydrogen-bond acceptors (Lipinski definition) is 4. The summed E-state index contributed by atoms with van der Waals surface area (Å²) in [6, 6.07) is 9.50. The van der Waals surface area contributed by atoms with E-state index in [2.05, 4.69) is 5.32 Å². The SMILES string of the molecule is CCN(C(=O)OCc1ccccc1)C1CCC(NC(=O)[C@H](C)N)CC1. The summed E-state index contributed by atoms with van der Waals surface area (Å²) in [5, 5.41) is 2.97. The van der Waals surface area contributed by atoms with Gasteiger partial charge in [-0.05, 0) is 45.1 Å². The number of nitrogens with zero attached hydrogens (tertiary/aromatic N) is 1. The highest BCUT2D eigenvalue weighted by Crippen LogP contribution is 2.24. The molecular formula is C19H29N3O3. The van der Waals surface area contributed by atoms with E-state index in [4.69, 9.17) is 10.5 Å². The smallest absolute Gasteiger partial charge is 0.410 e. The van der Waals surface area contributed by atoms with E-state index in [0.717, 1.165) is 31.2 Å². The highest BCUT2D eigenvalue weighted by Gasteiger charge is 2.29. The number of nitrogens with two attached hydrogens (primary N) is 1. The zero-order valence-corrected chi connectivity index (χ0v) is 15.1. The second kappa shape index (κ2) is 9.42. The molecule has 1 saturated carbocycles. The molecule has 2 amide bonds. The minimum atomic E-state index is -0.488. The fourth-order valence-electron chi connectivity index (χ4n) is 3.20. The largest absolute Gasteiger partial charge is 0.445 e. The minimum absolute atomic E-state index is 0.113. The Labute approximate surface area is 149 Å². The van der Waals surface area contributed by atoms with Crippen LogP contribution >= 0.6 is 0 Å². The monoisotopic (exact) mass is 347 g/mol. The van der Waals surface area contributed by atoms with Crippen LogP contribution < -0.4 is 11.1 Å². The highest BCUT2D eigenvalue weighted by atomic mass is 16.6. The Balaban J connectivity index is 1.80. The third kappa shape index (κ3) is 5.74. The number of carbonyl (C=O) groups excluding carboxylic acids is 2. The lowest BCUT2D eigenvalue weighted by atomic mass is 9.90. The maximum Gasteiger partial charge on any atom is 0.410 e. The van der Waals surface area contributed by atoms with Crippen molar-refractivity contribution in [3.05, 3.63) is 35.9 Å². The maximum atomic E-state index is 12.4. The number of benzene rings is 1. The molecule has 3 N–H and O–H groups in total. The Morgan fingerprint density at radius 2 is 1.88 bits per heavy atom. The van der Waals surface area contributed by atoms with Crippen molar-refractivity contribution in [2.24, 2.45) is 5.73 Å². The van der Waals surface area contributed by atoms with Gasteiger partial charge in [0.05, 0.1) is 6.04 Å². The van der Waals surface area contributed by atoms with E-state index < -0.39 is 6.04 Å². The molecule has 1 aliphatic rings. The van der Waals surface area contributed by atoms with Crippen LogP contribution in [0.2, 0.25) is 0 Å². The Morgan fingerprint density at radius 1 is 1.24 bits per heavy atom. The average Bonchev–Trinajstić information content (AvgIpc) is 2.62. The molecule has 0 heterocycles. The molecule has 1 aromatic rings. The molecule has 0 aliphatic heterocycles. The molecule has 138 valence electrons. The summed E-state index contributed by atoms with van der Waals surface area (Å²) in [4.78, 5) is 25.9. The Kier molecular flexibility index (Phi) is 7.25. The first-order chi connectivity index (χ1) is 12.0. The van der Waals surface area contributed by atoms with E-state index in [0.29, 0.717) is 6.54 Å². The third-order valence-corrected chi connectivity index (χ3v) is 4.68. The van der Waals surface area contributed by atoms with E-state index >= 15 is 0 Å². The fraction of sp³-hybridized carbons (Fsp3) is 0.579. The normalized spacial score (nSPS) is 21.2. The summed E-state index contributed by atoms with van der Waals surface area (Å²) in [7, 11) is 0. The van der Waals surface area contributed by atoms with E-state index in [1.165, 1.54) is 0 Å². The summed E-state index contributed by atoms with van der Waals surface area (Å²) in [5.74, 6) is -0.113. The van der Waals surface area contributed by atoms with Crippen LogP contribution in [-0.4, -0.2) is 41.6 Å². The van der Waals surface area contributed by atoms with Gasteiger partial charge < -0.3 is 20.7 Å². The lowest BCUT2D eigenvalue weighted by molar-refractivity contribution is -0.123. The van der Waals surface area contributed by atoms with Crippen molar-refractivity contribution in [2.75, 3.05) is 6.54 Å². The van der Waals surface area contributed by atoms with Crippen LogP contribution in [-0.2, 0) is 16.1 Å². The van der Waals surface area contributed by atoms with E-state index in [1.807, 2.05) is 37.3 Å². The Hall–Kier alpha value is -2.08. The van der Waals surface area contributed by atoms with Gasteiger partial charge in [0.2, 0.25) is 5.91 Å². The lowest BCUT2D eigenvalue weighted by Gasteiger charge is -2.36. The van der Waals surface area contributed by atoms with Gasteiger partial charge in [-0.15, -0.1) is 0 Å². The predicted octanol–water partition coefficient (Wildman–Crippen LogP) is 2.42. The van der Waals surface area contributed by atoms with Gasteiger partial charge in [-0.25, -0.2) is 4.79 Å². The van der Waals surface area contributed by atoms with Crippen molar-refractivity contribution in [3.8, 4) is 0 Å². The molecule has 0 aromatic heterocycles. The van der Waals surface area contributed by atoms with Crippen LogP contribution in [0.15, 0.2) is 30.3 Å². The van der Waals surface area contributed by atoms with Crippen LogP contribution in [0.4, 0.5) is 4.79 Å². The molecular weight excluding hydrogens is 318 g/mol. The third-order valence-electron chi connectivity index (χ3n) is 4.68. The van der Waals surface area contributed by atoms with E-state index in [-0.39, 0.29) is 30.7 Å². The summed E-state index contributed by atoms with van der Waals surface area (Å²) in [5.41, 5.74) is 6.57. The molecule has 0 radical (unpaired) electrons. The fourth-order valence-corrected chi connectivity index (χ4v) is 3.20. The van der Waals surface area contributed by atoms with Gasteiger partial charge in [-0.1, -0.05) is 30.3 Å². The molecule has 0 unspecified atom stereocenters. The van der Waals surface area contributed by atoms with E-state index in [1.54, 1.807) is 11.8 Å². The van der Waals surface area contributed by atoms with Gasteiger partial charge >= 0.3 is 6.09 Å². The Bertz CT molecular complexity index is 554. The molecule has 6 nitrogen and oxygen atoms in total. The van der Waals surface area contributed by atoms with Gasteiger partial charge in [0.15, 0.2) is 0 Å². The standard InChI is InChI=1S/C19H29N3O3/c1-3-22(19(24)25-13-15-7-5-4-6-8-15)17-11-9-16(10-12-17)21-18(23)14(2)20/h4-8,14,16-17H,3,9-13,20H2,1-2H3,(H,21,23)/t14-,16?,17?/m0/s1. The van der Waals surface area contributed by atoms with E-state index in [9.17, 15) is 9.59 Å². The van der Waals surface area contributed by atoms with Crippen LogP contribution in [0.25, 0.3) is 0 Å². The molecule has 1 fully saturated rings. The van der Waals surface area contributed by atoms with Crippen LogP contribution in [0.5, 0.6) is 0 Å². The average molecular weight is 347 g/mol. The summed E-state index contributed by atoms with van der Waals surface area (Å²) >= 11 is 0. The highest BCUT2D eigenvalue weighted by molar-refractivity contribution is 5.81. The first kappa shape index (κ1) is 19.2. The van der Waals surface area contributed by atoms with Gasteiger partial charge in [-0.2, -0.15) is 0 Å². The number of carbonyl (C=O) groups is 2. The van der Waals surface area contributed by atoms with Crippen molar-refractivity contribution in [3.63, 3.8) is 0 Å². The molecule has 1 atom stereocenters. The van der Waals surface area contributed by atoms with Crippen molar-refractivity contribution < 1.29 is 14.3 Å². The van der Waals surface area contributed by atoms with Gasteiger partial charge in [0, 0.05) is 18.6 Å². The van der Waals surface area contributed by atoms with Crippen LogP contribution in [0, 0.1) is 0 Å². The molecule has 0 spiro atoms. The zero-order valence-electron chi connectivity index (χ0n) is 15.1. The topological polar surface area (TPSA) is 84.7 Å².